The fourth-order valence-corrected chi connectivity index (χ4v) is 4.14. The van der Waals surface area contributed by atoms with E-state index in [9.17, 15) is 9.59 Å². The molecule has 0 bridgehead atoms. The lowest BCUT2D eigenvalue weighted by atomic mass is 10.0. The molecule has 0 unspecified atom stereocenters. The van der Waals surface area contributed by atoms with E-state index in [2.05, 4.69) is 20.9 Å². The highest BCUT2D eigenvalue weighted by Crippen LogP contribution is 2.38. The average Bonchev–Trinajstić information content (AvgIpc) is 3.02. The van der Waals surface area contributed by atoms with Gasteiger partial charge in [-0.25, -0.2) is 0 Å². The van der Waals surface area contributed by atoms with E-state index in [-0.39, 0.29) is 17.1 Å². The second-order valence-corrected chi connectivity index (χ2v) is 7.81. The molecule has 0 radical (unpaired) electrons. The summed E-state index contributed by atoms with van der Waals surface area (Å²) < 4.78 is 6.71. The number of benzene rings is 2. The number of amides is 1. The van der Waals surface area contributed by atoms with Crippen molar-refractivity contribution in [3.05, 3.63) is 110 Å². The summed E-state index contributed by atoms with van der Waals surface area (Å²) in [5.41, 5.74) is 2.13. The quantitative estimate of drug-likeness (QED) is 0.457. The summed E-state index contributed by atoms with van der Waals surface area (Å²) in [4.78, 5) is 32.8. The molecule has 0 N–H and O–H groups in total. The van der Waals surface area contributed by atoms with Gasteiger partial charge >= 0.3 is 0 Å². The average molecular weight is 447 g/mol. The molecule has 2 aromatic carbocycles. The van der Waals surface area contributed by atoms with Crippen LogP contribution in [0.3, 0.4) is 0 Å². The number of carbonyl (C=O) groups is 1. The standard InChI is InChI=1S/C23H15BrN2O3/c24-15-9-10-18-16(12-15)21(27)19-20(17-8-4-5-11-25-17)26(23(28)22(19)29-18)13-14-6-2-1-3-7-14/h1-12,20H,13H2/t20-/m1/s1. The molecule has 1 amide bonds. The molecule has 0 aliphatic carbocycles. The maximum atomic E-state index is 13.4. The van der Waals surface area contributed by atoms with E-state index in [0.29, 0.717) is 28.8 Å². The number of halogens is 1. The topological polar surface area (TPSA) is 63.4 Å². The van der Waals surface area contributed by atoms with Gasteiger partial charge in [-0.05, 0) is 35.9 Å². The summed E-state index contributed by atoms with van der Waals surface area (Å²) in [5, 5.41) is 0.438. The molecule has 4 aromatic rings. The summed E-state index contributed by atoms with van der Waals surface area (Å²) >= 11 is 3.40. The Labute approximate surface area is 174 Å². The number of pyridine rings is 1. The molecule has 142 valence electrons. The number of hydrogen-bond donors (Lipinski definition) is 0. The normalized spacial score (nSPS) is 15.7. The Morgan fingerprint density at radius 1 is 1.00 bits per heavy atom. The maximum Gasteiger partial charge on any atom is 0.291 e. The number of nitrogens with zero attached hydrogens (tertiary/aromatic N) is 2. The molecule has 0 saturated heterocycles. The highest BCUT2D eigenvalue weighted by Gasteiger charge is 2.43. The van der Waals surface area contributed by atoms with Crippen LogP contribution >= 0.6 is 15.9 Å². The van der Waals surface area contributed by atoms with Gasteiger partial charge in [0.25, 0.3) is 5.91 Å². The van der Waals surface area contributed by atoms with Crippen LogP contribution in [0.1, 0.15) is 33.4 Å². The highest BCUT2D eigenvalue weighted by atomic mass is 79.9. The molecule has 6 heteroatoms. The van der Waals surface area contributed by atoms with E-state index in [4.69, 9.17) is 4.42 Å². The Balaban J connectivity index is 1.74. The van der Waals surface area contributed by atoms with E-state index < -0.39 is 6.04 Å². The molecule has 5 rings (SSSR count). The molecular weight excluding hydrogens is 432 g/mol. The SMILES string of the molecule is O=C1c2oc3ccc(Br)cc3c(=O)c2[C@@H](c2ccccn2)N1Cc1ccccc1. The molecule has 1 aliphatic rings. The predicted molar refractivity (Wildman–Crippen MR) is 113 cm³/mol. The zero-order chi connectivity index (χ0) is 20.0. The van der Waals surface area contributed by atoms with E-state index >= 15 is 0 Å². The summed E-state index contributed by atoms with van der Waals surface area (Å²) in [6.45, 7) is 0.352. The molecule has 1 atom stereocenters. The lowest BCUT2D eigenvalue weighted by Gasteiger charge is -2.24. The van der Waals surface area contributed by atoms with Crippen molar-refractivity contribution in [1.29, 1.82) is 0 Å². The Kier molecular flexibility index (Phi) is 4.28. The summed E-state index contributed by atoms with van der Waals surface area (Å²) in [6.07, 6.45) is 1.66. The molecule has 5 nitrogen and oxygen atoms in total. The second kappa shape index (κ2) is 6.97. The van der Waals surface area contributed by atoms with Crippen LogP contribution in [0.4, 0.5) is 0 Å². The zero-order valence-corrected chi connectivity index (χ0v) is 16.8. The van der Waals surface area contributed by atoms with Crippen molar-refractivity contribution < 1.29 is 9.21 Å². The van der Waals surface area contributed by atoms with Crippen molar-refractivity contribution in [3.8, 4) is 0 Å². The van der Waals surface area contributed by atoms with Crippen molar-refractivity contribution in [2.75, 3.05) is 0 Å². The van der Waals surface area contributed by atoms with Crippen molar-refractivity contribution in [2.45, 2.75) is 12.6 Å². The third kappa shape index (κ3) is 2.96. The first-order valence-corrected chi connectivity index (χ1v) is 9.95. The van der Waals surface area contributed by atoms with Gasteiger partial charge in [-0.3, -0.25) is 14.6 Å². The van der Waals surface area contributed by atoms with Crippen molar-refractivity contribution in [1.82, 2.24) is 9.88 Å². The fraction of sp³-hybridized carbons (Fsp3) is 0.0870. The van der Waals surface area contributed by atoms with Gasteiger partial charge in [0.2, 0.25) is 5.76 Å². The molecule has 0 saturated carbocycles. The van der Waals surface area contributed by atoms with E-state index in [1.165, 1.54) is 0 Å². The smallest absolute Gasteiger partial charge is 0.291 e. The van der Waals surface area contributed by atoms with Gasteiger partial charge in [-0.15, -0.1) is 0 Å². The second-order valence-electron chi connectivity index (χ2n) is 6.89. The minimum Gasteiger partial charge on any atom is -0.450 e. The first-order valence-electron chi connectivity index (χ1n) is 9.15. The van der Waals surface area contributed by atoms with Gasteiger partial charge in [0.1, 0.15) is 11.6 Å². The van der Waals surface area contributed by atoms with Crippen LogP contribution in [0, 0.1) is 0 Å². The Bertz CT molecular complexity index is 1290. The molecular formula is C23H15BrN2O3. The van der Waals surface area contributed by atoms with Crippen molar-refractivity contribution in [2.24, 2.45) is 0 Å². The highest BCUT2D eigenvalue weighted by molar-refractivity contribution is 9.10. The van der Waals surface area contributed by atoms with Gasteiger partial charge in [-0.1, -0.05) is 52.3 Å². The van der Waals surface area contributed by atoms with Gasteiger partial charge < -0.3 is 9.32 Å². The van der Waals surface area contributed by atoms with Gasteiger partial charge in [0, 0.05) is 17.2 Å². The zero-order valence-electron chi connectivity index (χ0n) is 15.2. The third-order valence-electron chi connectivity index (χ3n) is 5.09. The van der Waals surface area contributed by atoms with Crippen LogP contribution in [0.25, 0.3) is 11.0 Å². The van der Waals surface area contributed by atoms with Crippen molar-refractivity contribution in [3.63, 3.8) is 0 Å². The summed E-state index contributed by atoms with van der Waals surface area (Å²) in [7, 11) is 0. The van der Waals surface area contributed by atoms with Crippen LogP contribution in [0.2, 0.25) is 0 Å². The van der Waals surface area contributed by atoms with E-state index in [1.54, 1.807) is 29.3 Å². The number of carbonyl (C=O) groups excluding carboxylic acids is 1. The number of aromatic nitrogens is 1. The van der Waals surface area contributed by atoms with Crippen LogP contribution in [-0.2, 0) is 6.54 Å². The van der Waals surface area contributed by atoms with Crippen molar-refractivity contribution >= 4 is 32.8 Å². The number of hydrogen-bond acceptors (Lipinski definition) is 4. The van der Waals surface area contributed by atoms with Crippen LogP contribution in [-0.4, -0.2) is 15.8 Å². The van der Waals surface area contributed by atoms with Gasteiger partial charge in [0.05, 0.1) is 16.6 Å². The van der Waals surface area contributed by atoms with E-state index in [1.807, 2.05) is 48.5 Å². The lowest BCUT2D eigenvalue weighted by Crippen LogP contribution is -2.29. The number of rotatable bonds is 3. The molecule has 2 aromatic heterocycles. The number of fused-ring (bicyclic) bond motifs is 2. The monoisotopic (exact) mass is 446 g/mol. The van der Waals surface area contributed by atoms with Crippen LogP contribution in [0.15, 0.2) is 86.6 Å². The summed E-state index contributed by atoms with van der Waals surface area (Å²) in [5.74, 6) is -0.210. The molecule has 3 heterocycles. The van der Waals surface area contributed by atoms with Gasteiger partial charge in [-0.2, -0.15) is 0 Å². The minimum absolute atomic E-state index is 0.0939. The Morgan fingerprint density at radius 2 is 1.79 bits per heavy atom. The molecule has 1 aliphatic heterocycles. The summed E-state index contributed by atoms with van der Waals surface area (Å²) in [6, 6.07) is 19.8. The first kappa shape index (κ1) is 17.8. The largest absolute Gasteiger partial charge is 0.450 e. The van der Waals surface area contributed by atoms with Gasteiger partial charge in [0.15, 0.2) is 5.43 Å². The molecule has 0 fully saturated rings. The first-order chi connectivity index (χ1) is 14.1. The van der Waals surface area contributed by atoms with E-state index in [0.717, 1.165) is 10.0 Å². The Hall–Kier alpha value is -3.25. The lowest BCUT2D eigenvalue weighted by molar-refractivity contribution is 0.0712. The fourth-order valence-electron chi connectivity index (χ4n) is 3.78. The van der Waals surface area contributed by atoms with Crippen LogP contribution in [0.5, 0.6) is 0 Å². The molecule has 0 spiro atoms. The third-order valence-corrected chi connectivity index (χ3v) is 5.58. The van der Waals surface area contributed by atoms with Crippen LogP contribution < -0.4 is 5.43 Å². The Morgan fingerprint density at radius 3 is 2.55 bits per heavy atom. The molecule has 29 heavy (non-hydrogen) atoms. The predicted octanol–water partition coefficient (Wildman–Crippen LogP) is 4.70. The minimum atomic E-state index is -0.599. The maximum absolute atomic E-state index is 13.4.